The highest BCUT2D eigenvalue weighted by molar-refractivity contribution is 7.99. The van der Waals surface area contributed by atoms with Gasteiger partial charge in [-0.2, -0.15) is 4.99 Å². The quantitative estimate of drug-likeness (QED) is 0.482. The maximum atomic E-state index is 12.9. The van der Waals surface area contributed by atoms with Gasteiger partial charge in [-0.15, -0.1) is 11.8 Å². The molecule has 136 valence electrons. The zero-order valence-corrected chi connectivity index (χ0v) is 17.0. The normalized spacial score (nSPS) is 12.1. The Morgan fingerprint density at radius 1 is 1.23 bits per heavy atom. The molecule has 0 N–H and O–H groups in total. The number of hydrogen-bond acceptors (Lipinski definition) is 3. The summed E-state index contributed by atoms with van der Waals surface area (Å²) in [5.74, 6) is 0.112. The third kappa shape index (κ3) is 4.31. The summed E-state index contributed by atoms with van der Waals surface area (Å²) in [5.41, 5.74) is 0.805. The largest absolute Gasteiger partial charge is 0.315 e. The van der Waals surface area contributed by atoms with Crippen molar-refractivity contribution >= 4 is 62.4 Å². The van der Waals surface area contributed by atoms with E-state index in [4.69, 9.17) is 23.2 Å². The number of aryl methyl sites for hydroxylation is 1. The zero-order chi connectivity index (χ0) is 18.7. The number of halogens is 3. The van der Waals surface area contributed by atoms with Gasteiger partial charge in [0.2, 0.25) is 5.91 Å². The molecule has 0 fully saturated rings. The summed E-state index contributed by atoms with van der Waals surface area (Å²) >= 11 is 15.3. The fourth-order valence-electron chi connectivity index (χ4n) is 2.43. The smallest absolute Gasteiger partial charge is 0.249 e. The third-order valence-electron chi connectivity index (χ3n) is 3.67. The summed E-state index contributed by atoms with van der Waals surface area (Å²) in [6, 6.07) is 9.84. The van der Waals surface area contributed by atoms with Gasteiger partial charge in [0.05, 0.1) is 20.3 Å². The highest BCUT2D eigenvalue weighted by Crippen LogP contribution is 2.32. The lowest BCUT2D eigenvalue weighted by Gasteiger charge is -2.03. The molecule has 0 spiro atoms. The molecule has 3 nitrogen and oxygen atoms in total. The van der Waals surface area contributed by atoms with Crippen molar-refractivity contribution in [2.75, 3.05) is 5.75 Å². The summed E-state index contributed by atoms with van der Waals surface area (Å²) in [6.45, 7) is 2.60. The van der Waals surface area contributed by atoms with Gasteiger partial charge in [-0.25, -0.2) is 4.39 Å². The molecule has 0 bridgehead atoms. The molecular weight excluding hydrogens is 414 g/mol. The number of fused-ring (bicyclic) bond motifs is 1. The molecule has 0 saturated heterocycles. The van der Waals surface area contributed by atoms with Crippen molar-refractivity contribution in [3.8, 4) is 0 Å². The maximum absolute atomic E-state index is 12.9. The van der Waals surface area contributed by atoms with Gasteiger partial charge in [-0.3, -0.25) is 4.79 Å². The van der Waals surface area contributed by atoms with E-state index in [-0.39, 0.29) is 11.7 Å². The van der Waals surface area contributed by atoms with Gasteiger partial charge in [-0.1, -0.05) is 34.5 Å². The summed E-state index contributed by atoms with van der Waals surface area (Å²) in [7, 11) is 0. The van der Waals surface area contributed by atoms with Crippen molar-refractivity contribution in [3.05, 3.63) is 57.1 Å². The lowest BCUT2D eigenvalue weighted by Crippen LogP contribution is -2.16. The standard InChI is InChI=1S/C18H15Cl2FN2OS2/c1-2-23-17-14(8-7-13(19)16(17)20)26-18(23)22-15(24)9-10-25-12-5-3-11(21)4-6-12/h3-8H,2,9-10H2,1H3. The van der Waals surface area contributed by atoms with Crippen LogP contribution in [0.5, 0.6) is 0 Å². The Balaban J connectivity index is 1.77. The van der Waals surface area contributed by atoms with E-state index in [9.17, 15) is 9.18 Å². The number of thioether (sulfide) groups is 1. The molecule has 1 heterocycles. The van der Waals surface area contributed by atoms with Crippen molar-refractivity contribution < 1.29 is 9.18 Å². The van der Waals surface area contributed by atoms with Crippen molar-refractivity contribution in [2.45, 2.75) is 24.8 Å². The molecule has 26 heavy (non-hydrogen) atoms. The van der Waals surface area contributed by atoms with Crippen LogP contribution in [0.2, 0.25) is 10.0 Å². The number of nitrogens with zero attached hydrogens (tertiary/aromatic N) is 2. The van der Waals surface area contributed by atoms with Crippen LogP contribution in [-0.2, 0) is 11.3 Å². The monoisotopic (exact) mass is 428 g/mol. The molecule has 0 aliphatic rings. The molecule has 8 heteroatoms. The molecule has 1 amide bonds. The van der Waals surface area contributed by atoms with Crippen LogP contribution in [-0.4, -0.2) is 16.2 Å². The van der Waals surface area contributed by atoms with Gasteiger partial charge >= 0.3 is 0 Å². The first-order valence-corrected chi connectivity index (χ1v) is 10.5. The number of rotatable bonds is 5. The first kappa shape index (κ1) is 19.4. The van der Waals surface area contributed by atoms with E-state index in [1.54, 1.807) is 18.2 Å². The fraction of sp³-hybridized carbons (Fsp3) is 0.222. The Morgan fingerprint density at radius 3 is 2.65 bits per heavy atom. The first-order chi connectivity index (χ1) is 12.5. The zero-order valence-electron chi connectivity index (χ0n) is 13.8. The SMILES string of the molecule is CCn1c(=NC(=O)CCSc2ccc(F)cc2)sc2ccc(Cl)c(Cl)c21. The van der Waals surface area contributed by atoms with Crippen LogP contribution >= 0.6 is 46.3 Å². The molecule has 0 aliphatic heterocycles. The lowest BCUT2D eigenvalue weighted by atomic mass is 10.3. The van der Waals surface area contributed by atoms with Crippen LogP contribution in [0, 0.1) is 5.82 Å². The number of thiazole rings is 1. The van der Waals surface area contributed by atoms with Crippen LogP contribution in [0.25, 0.3) is 10.2 Å². The highest BCUT2D eigenvalue weighted by atomic mass is 35.5. The Bertz CT molecular complexity index is 1010. The minimum Gasteiger partial charge on any atom is -0.315 e. The second-order valence-electron chi connectivity index (χ2n) is 5.39. The average molecular weight is 429 g/mol. The molecule has 0 radical (unpaired) electrons. The molecule has 3 aromatic rings. The van der Waals surface area contributed by atoms with Gasteiger partial charge in [0.15, 0.2) is 4.80 Å². The van der Waals surface area contributed by atoms with E-state index >= 15 is 0 Å². The summed E-state index contributed by atoms with van der Waals surface area (Å²) in [5, 5.41) is 0.954. The Labute approximate surface area is 168 Å². The van der Waals surface area contributed by atoms with E-state index in [0.29, 0.717) is 33.6 Å². The first-order valence-electron chi connectivity index (χ1n) is 7.93. The van der Waals surface area contributed by atoms with Crippen molar-refractivity contribution in [1.82, 2.24) is 4.57 Å². The Hall–Kier alpha value is -1.34. The second-order valence-corrected chi connectivity index (χ2v) is 8.36. The predicted octanol–water partition coefficient (Wildman–Crippen LogP) is 5.78. The minimum atomic E-state index is -0.270. The number of benzene rings is 2. The van der Waals surface area contributed by atoms with Gasteiger partial charge in [-0.05, 0) is 43.3 Å². The fourth-order valence-corrected chi connectivity index (χ4v) is 4.87. The molecule has 0 atom stereocenters. The summed E-state index contributed by atoms with van der Waals surface area (Å²) in [4.78, 5) is 18.0. The second kappa shape index (κ2) is 8.57. The van der Waals surface area contributed by atoms with Gasteiger partial charge in [0.1, 0.15) is 5.82 Å². The van der Waals surface area contributed by atoms with Crippen molar-refractivity contribution in [3.63, 3.8) is 0 Å². The number of hydrogen-bond donors (Lipinski definition) is 0. The molecule has 1 aromatic heterocycles. The molecule has 2 aromatic carbocycles. The van der Waals surface area contributed by atoms with E-state index < -0.39 is 0 Å². The summed E-state index contributed by atoms with van der Waals surface area (Å²) < 4.78 is 15.7. The van der Waals surface area contributed by atoms with E-state index in [0.717, 1.165) is 15.1 Å². The number of amides is 1. The van der Waals surface area contributed by atoms with E-state index in [2.05, 4.69) is 4.99 Å². The van der Waals surface area contributed by atoms with E-state index in [1.807, 2.05) is 17.6 Å². The number of aromatic nitrogens is 1. The maximum Gasteiger partial charge on any atom is 0.249 e. The van der Waals surface area contributed by atoms with Crippen molar-refractivity contribution in [1.29, 1.82) is 0 Å². The number of carbonyl (C=O) groups is 1. The van der Waals surface area contributed by atoms with Crippen LogP contribution in [0.15, 0.2) is 46.3 Å². The Morgan fingerprint density at radius 2 is 1.96 bits per heavy atom. The molecule has 3 rings (SSSR count). The van der Waals surface area contributed by atoms with Crippen LogP contribution in [0.1, 0.15) is 13.3 Å². The predicted molar refractivity (Wildman–Crippen MR) is 108 cm³/mol. The summed E-state index contributed by atoms with van der Waals surface area (Å²) in [6.07, 6.45) is 0.300. The van der Waals surface area contributed by atoms with Gasteiger partial charge in [0, 0.05) is 23.6 Å². The molecular formula is C18H15Cl2FN2OS2. The average Bonchev–Trinajstić information content (AvgIpc) is 2.97. The third-order valence-corrected chi connectivity index (χ3v) is 6.52. The van der Waals surface area contributed by atoms with Crippen molar-refractivity contribution in [2.24, 2.45) is 4.99 Å². The van der Waals surface area contributed by atoms with Gasteiger partial charge in [0.25, 0.3) is 0 Å². The molecule has 0 saturated carbocycles. The van der Waals surface area contributed by atoms with E-state index in [1.165, 1.54) is 35.2 Å². The Kier molecular flexibility index (Phi) is 6.40. The highest BCUT2D eigenvalue weighted by Gasteiger charge is 2.12. The minimum absolute atomic E-state index is 0.199. The lowest BCUT2D eigenvalue weighted by molar-refractivity contribution is -0.117. The topological polar surface area (TPSA) is 34.4 Å². The van der Waals surface area contributed by atoms with Crippen LogP contribution < -0.4 is 4.80 Å². The van der Waals surface area contributed by atoms with Crippen LogP contribution in [0.4, 0.5) is 4.39 Å². The van der Waals surface area contributed by atoms with Crippen LogP contribution in [0.3, 0.4) is 0 Å². The molecule has 0 unspecified atom stereocenters. The molecule has 0 aliphatic carbocycles. The number of carbonyl (C=O) groups excluding carboxylic acids is 1. The van der Waals surface area contributed by atoms with Gasteiger partial charge < -0.3 is 4.57 Å².